The van der Waals surface area contributed by atoms with Crippen molar-refractivity contribution in [2.24, 2.45) is 11.7 Å². The molecule has 20 heavy (non-hydrogen) atoms. The van der Waals surface area contributed by atoms with Crippen LogP contribution in [-0.4, -0.2) is 29.1 Å². The van der Waals surface area contributed by atoms with Gasteiger partial charge in [-0.1, -0.05) is 0 Å². The molecule has 0 aromatic carbocycles. The summed E-state index contributed by atoms with van der Waals surface area (Å²) in [5.41, 5.74) is 9.12. The molecule has 1 saturated heterocycles. The maximum Gasteiger partial charge on any atom is 0.112 e. The van der Waals surface area contributed by atoms with Crippen molar-refractivity contribution in [3.8, 4) is 0 Å². The molecule has 106 valence electrons. The molecule has 1 aliphatic heterocycles. The third kappa shape index (κ3) is 2.65. The molecule has 1 atom stereocenters. The third-order valence-corrected chi connectivity index (χ3v) is 4.58. The molecule has 1 aliphatic rings. The van der Waals surface area contributed by atoms with Crippen molar-refractivity contribution in [3.63, 3.8) is 0 Å². The Morgan fingerprint density at radius 3 is 2.80 bits per heavy atom. The van der Waals surface area contributed by atoms with Crippen LogP contribution >= 0.6 is 15.9 Å². The summed E-state index contributed by atoms with van der Waals surface area (Å²) in [4.78, 5) is 11.3. The fraction of sp³-hybridized carbons (Fsp3) is 0.467. The largest absolute Gasteiger partial charge is 0.370 e. The first-order valence-corrected chi connectivity index (χ1v) is 7.85. The zero-order valence-electron chi connectivity index (χ0n) is 11.6. The summed E-state index contributed by atoms with van der Waals surface area (Å²) in [6.45, 7) is 4.20. The smallest absolute Gasteiger partial charge is 0.112 e. The van der Waals surface area contributed by atoms with Gasteiger partial charge in [-0.25, -0.2) is 0 Å². The highest BCUT2D eigenvalue weighted by Crippen LogP contribution is 2.29. The molecule has 5 heteroatoms. The lowest BCUT2D eigenvalue weighted by atomic mass is 9.91. The number of piperidine rings is 1. The van der Waals surface area contributed by atoms with Gasteiger partial charge in [-0.15, -0.1) is 0 Å². The number of anilines is 1. The van der Waals surface area contributed by atoms with Crippen LogP contribution in [0.5, 0.6) is 0 Å². The van der Waals surface area contributed by atoms with Gasteiger partial charge in [0.05, 0.1) is 11.2 Å². The van der Waals surface area contributed by atoms with Crippen LogP contribution in [0, 0.1) is 5.92 Å². The maximum absolute atomic E-state index is 6.01. The highest BCUT2D eigenvalue weighted by molar-refractivity contribution is 9.10. The lowest BCUT2D eigenvalue weighted by molar-refractivity contribution is 0.355. The van der Waals surface area contributed by atoms with E-state index in [-0.39, 0.29) is 0 Å². The van der Waals surface area contributed by atoms with E-state index in [1.165, 1.54) is 5.69 Å². The monoisotopic (exact) mass is 334 g/mol. The van der Waals surface area contributed by atoms with Gasteiger partial charge in [-0.3, -0.25) is 9.97 Å². The molecule has 0 bridgehead atoms. The van der Waals surface area contributed by atoms with Gasteiger partial charge in [-0.05, 0) is 53.7 Å². The summed E-state index contributed by atoms with van der Waals surface area (Å²) in [5.74, 6) is 0.640. The van der Waals surface area contributed by atoms with Crippen LogP contribution in [0.3, 0.4) is 0 Å². The average Bonchev–Trinajstić information content (AvgIpc) is 2.46. The molecule has 2 N–H and O–H groups in total. The topological polar surface area (TPSA) is 55.0 Å². The molecule has 0 aliphatic carbocycles. The second-order valence-electron chi connectivity index (χ2n) is 5.53. The number of hydrogen-bond donors (Lipinski definition) is 1. The Bertz CT molecular complexity index is 606. The molecule has 0 amide bonds. The molecule has 0 radical (unpaired) electrons. The van der Waals surface area contributed by atoms with E-state index in [1.54, 1.807) is 0 Å². The Kier molecular flexibility index (Phi) is 3.89. The highest BCUT2D eigenvalue weighted by atomic mass is 79.9. The molecule has 1 fully saturated rings. The zero-order chi connectivity index (χ0) is 14.1. The zero-order valence-corrected chi connectivity index (χ0v) is 13.2. The summed E-state index contributed by atoms with van der Waals surface area (Å²) in [7, 11) is 0. The van der Waals surface area contributed by atoms with Crippen molar-refractivity contribution in [1.82, 2.24) is 9.97 Å². The van der Waals surface area contributed by atoms with Crippen LogP contribution in [0.1, 0.15) is 19.8 Å². The standard InChI is InChI=1S/C15H19BrN4/c1-10(17)11-3-6-20(7-4-11)14-2-5-18-13-8-12(16)9-19-15(13)14/h2,5,8-11H,3-4,6-7,17H2,1H3. The SMILES string of the molecule is CC(N)C1CCN(c2ccnc3cc(Br)cnc23)CC1. The molecule has 4 nitrogen and oxygen atoms in total. The number of halogens is 1. The molecule has 1 unspecified atom stereocenters. The molecule has 2 aromatic heterocycles. The van der Waals surface area contributed by atoms with Crippen LogP contribution in [0.2, 0.25) is 0 Å². The first-order chi connectivity index (χ1) is 9.65. The van der Waals surface area contributed by atoms with Gasteiger partial charge in [-0.2, -0.15) is 0 Å². The van der Waals surface area contributed by atoms with Gasteiger partial charge in [0.1, 0.15) is 5.52 Å². The summed E-state index contributed by atoms with van der Waals surface area (Å²) >= 11 is 3.45. The molecule has 0 saturated carbocycles. The second kappa shape index (κ2) is 5.66. The van der Waals surface area contributed by atoms with E-state index in [4.69, 9.17) is 5.73 Å². The van der Waals surface area contributed by atoms with E-state index in [2.05, 4.69) is 43.8 Å². The predicted octanol–water partition coefficient (Wildman–Crippen LogP) is 2.96. The van der Waals surface area contributed by atoms with Gasteiger partial charge < -0.3 is 10.6 Å². The third-order valence-electron chi connectivity index (χ3n) is 4.15. The number of nitrogens with two attached hydrogens (primary N) is 1. The van der Waals surface area contributed by atoms with Gasteiger partial charge >= 0.3 is 0 Å². The Labute approximate surface area is 127 Å². The second-order valence-corrected chi connectivity index (χ2v) is 6.45. The van der Waals surface area contributed by atoms with Crippen LogP contribution in [-0.2, 0) is 0 Å². The van der Waals surface area contributed by atoms with E-state index in [1.807, 2.05) is 18.5 Å². The van der Waals surface area contributed by atoms with Gasteiger partial charge in [0.25, 0.3) is 0 Å². The number of pyridine rings is 2. The Morgan fingerprint density at radius 2 is 2.10 bits per heavy atom. The minimum atomic E-state index is 0.292. The van der Waals surface area contributed by atoms with Crippen molar-refractivity contribution in [2.45, 2.75) is 25.8 Å². The van der Waals surface area contributed by atoms with E-state index in [0.717, 1.165) is 41.4 Å². The Balaban J connectivity index is 1.88. The number of rotatable bonds is 2. The highest BCUT2D eigenvalue weighted by Gasteiger charge is 2.23. The minimum absolute atomic E-state index is 0.292. The maximum atomic E-state index is 6.01. The fourth-order valence-electron chi connectivity index (χ4n) is 2.91. The number of nitrogens with zero attached hydrogens (tertiary/aromatic N) is 3. The van der Waals surface area contributed by atoms with Crippen molar-refractivity contribution in [1.29, 1.82) is 0 Å². The van der Waals surface area contributed by atoms with Crippen LogP contribution in [0.25, 0.3) is 11.0 Å². The molecule has 2 aromatic rings. The van der Waals surface area contributed by atoms with Crippen LogP contribution in [0.15, 0.2) is 29.0 Å². The van der Waals surface area contributed by atoms with Gasteiger partial charge in [0.15, 0.2) is 0 Å². The molecular weight excluding hydrogens is 316 g/mol. The van der Waals surface area contributed by atoms with Crippen LogP contribution in [0.4, 0.5) is 5.69 Å². The predicted molar refractivity (Wildman–Crippen MR) is 85.8 cm³/mol. The summed E-state index contributed by atoms with van der Waals surface area (Å²) in [5, 5.41) is 0. The Morgan fingerprint density at radius 1 is 1.35 bits per heavy atom. The average molecular weight is 335 g/mol. The van der Waals surface area contributed by atoms with E-state index in [0.29, 0.717) is 12.0 Å². The van der Waals surface area contributed by atoms with E-state index < -0.39 is 0 Å². The summed E-state index contributed by atoms with van der Waals surface area (Å²) < 4.78 is 0.963. The molecule has 3 heterocycles. The number of hydrogen-bond acceptors (Lipinski definition) is 4. The first-order valence-electron chi connectivity index (χ1n) is 7.06. The normalized spacial score (nSPS) is 18.4. The van der Waals surface area contributed by atoms with Crippen molar-refractivity contribution >= 4 is 32.7 Å². The fourth-order valence-corrected chi connectivity index (χ4v) is 3.23. The van der Waals surface area contributed by atoms with Crippen molar-refractivity contribution in [3.05, 3.63) is 29.0 Å². The number of fused-ring (bicyclic) bond motifs is 1. The lowest BCUT2D eigenvalue weighted by Gasteiger charge is -2.35. The van der Waals surface area contributed by atoms with Gasteiger partial charge in [0.2, 0.25) is 0 Å². The van der Waals surface area contributed by atoms with E-state index in [9.17, 15) is 0 Å². The van der Waals surface area contributed by atoms with Crippen LogP contribution < -0.4 is 10.6 Å². The summed E-state index contributed by atoms with van der Waals surface area (Å²) in [6.07, 6.45) is 6.00. The first kappa shape index (κ1) is 13.8. The molecule has 0 spiro atoms. The van der Waals surface area contributed by atoms with Crippen molar-refractivity contribution < 1.29 is 0 Å². The van der Waals surface area contributed by atoms with Crippen molar-refractivity contribution in [2.75, 3.05) is 18.0 Å². The molecule has 3 rings (SSSR count). The quantitative estimate of drug-likeness (QED) is 0.917. The van der Waals surface area contributed by atoms with Gasteiger partial charge in [0, 0.05) is 36.0 Å². The lowest BCUT2D eigenvalue weighted by Crippen LogP contribution is -2.39. The number of aromatic nitrogens is 2. The molecular formula is C15H19BrN4. The Hall–Kier alpha value is -1.20. The van der Waals surface area contributed by atoms with E-state index >= 15 is 0 Å². The summed E-state index contributed by atoms with van der Waals surface area (Å²) in [6, 6.07) is 4.37. The minimum Gasteiger partial charge on any atom is -0.370 e.